The predicted molar refractivity (Wildman–Crippen MR) is 328 cm³/mol. The number of quaternary nitrogens is 1. The molecule has 0 rings (SSSR count). The highest BCUT2D eigenvalue weighted by molar-refractivity contribution is 7.47. The van der Waals surface area contributed by atoms with Gasteiger partial charge in [-0.2, -0.15) is 0 Å². The first-order valence-electron chi connectivity index (χ1n) is 31.8. The van der Waals surface area contributed by atoms with Gasteiger partial charge in [0, 0.05) is 12.8 Å². The number of ether oxygens (including phenoxy) is 1. The number of hydrogen-bond acceptors (Lipinski definition) is 6. The number of phosphoric acid groups is 1. The summed E-state index contributed by atoms with van der Waals surface area (Å²) in [6.07, 6.45) is 72.0. The molecule has 0 aromatic carbocycles. The van der Waals surface area contributed by atoms with Crippen LogP contribution in [0.4, 0.5) is 0 Å². The van der Waals surface area contributed by atoms with Crippen molar-refractivity contribution in [1.82, 2.24) is 5.32 Å². The molecule has 442 valence electrons. The van der Waals surface area contributed by atoms with Gasteiger partial charge in [0.2, 0.25) is 5.91 Å². The van der Waals surface area contributed by atoms with Crippen molar-refractivity contribution >= 4 is 19.7 Å². The fraction of sp³-hybridized carbons (Fsp3) is 0.788. The zero-order valence-electron chi connectivity index (χ0n) is 50.5. The number of unbranched alkanes of at least 4 members (excludes halogenated alkanes) is 31. The van der Waals surface area contributed by atoms with E-state index in [1.807, 2.05) is 33.3 Å². The van der Waals surface area contributed by atoms with Gasteiger partial charge in [-0.25, -0.2) is 4.57 Å². The maximum absolute atomic E-state index is 13.5. The lowest BCUT2D eigenvalue weighted by molar-refractivity contribution is -0.870. The van der Waals surface area contributed by atoms with Gasteiger partial charge in [-0.1, -0.05) is 248 Å². The molecule has 0 bridgehead atoms. The lowest BCUT2D eigenvalue weighted by Gasteiger charge is -2.27. The van der Waals surface area contributed by atoms with E-state index in [9.17, 15) is 19.0 Å². The van der Waals surface area contributed by atoms with E-state index in [-0.39, 0.29) is 31.5 Å². The van der Waals surface area contributed by atoms with Crippen LogP contribution in [0.3, 0.4) is 0 Å². The molecule has 1 amide bonds. The maximum Gasteiger partial charge on any atom is 0.472 e. The quantitative estimate of drug-likeness (QED) is 0.0205. The van der Waals surface area contributed by atoms with E-state index in [2.05, 4.69) is 86.8 Å². The van der Waals surface area contributed by atoms with Crippen molar-refractivity contribution in [2.24, 2.45) is 0 Å². The number of likely N-dealkylation sites (N-methyl/N-ethyl adjacent to an activating group) is 1. The van der Waals surface area contributed by atoms with Gasteiger partial charge in [-0.15, -0.1) is 0 Å². The summed E-state index contributed by atoms with van der Waals surface area (Å²) in [4.78, 5) is 37.7. The highest BCUT2D eigenvalue weighted by Gasteiger charge is 2.30. The van der Waals surface area contributed by atoms with Crippen molar-refractivity contribution in [2.75, 3.05) is 40.9 Å². The van der Waals surface area contributed by atoms with Crippen LogP contribution in [0.15, 0.2) is 72.9 Å². The van der Waals surface area contributed by atoms with Crippen molar-refractivity contribution < 1.29 is 37.3 Å². The van der Waals surface area contributed by atoms with Crippen LogP contribution in [0.25, 0.3) is 0 Å². The minimum absolute atomic E-state index is 0.0349. The second kappa shape index (κ2) is 55.8. The maximum atomic E-state index is 13.5. The SMILES string of the molecule is CC/C=C/C/C=C/C/C=C/CCCCCCC(=O)OC(/C=C\CCCCCCCCCCC)C(COP(=O)(O)OCC[N+](C)(C)C)NC(=O)CCCCCCCCCCCCCCCCC/C=C\C/C=C\CCCCC. The summed E-state index contributed by atoms with van der Waals surface area (Å²) < 4.78 is 30.7. The molecule has 76 heavy (non-hydrogen) atoms. The molecule has 0 saturated heterocycles. The minimum Gasteiger partial charge on any atom is -0.456 e. The molecule has 0 aliphatic carbocycles. The number of carbonyl (C=O) groups is 2. The van der Waals surface area contributed by atoms with Crippen LogP contribution in [-0.2, 0) is 27.9 Å². The van der Waals surface area contributed by atoms with Gasteiger partial charge in [0.25, 0.3) is 0 Å². The summed E-state index contributed by atoms with van der Waals surface area (Å²) in [5.41, 5.74) is 0. The van der Waals surface area contributed by atoms with E-state index >= 15 is 0 Å². The van der Waals surface area contributed by atoms with E-state index in [0.29, 0.717) is 23.9 Å². The molecule has 0 aliphatic rings. The Balaban J connectivity index is 5.08. The Morgan fingerprint density at radius 3 is 1.29 bits per heavy atom. The zero-order valence-corrected chi connectivity index (χ0v) is 51.4. The largest absolute Gasteiger partial charge is 0.472 e. The monoisotopic (exact) mass is 1090 g/mol. The number of carbonyl (C=O) groups excluding carboxylic acids is 2. The molecular formula is C66H122N2O7P+. The van der Waals surface area contributed by atoms with Crippen molar-refractivity contribution in [3.8, 4) is 0 Å². The first-order chi connectivity index (χ1) is 36.9. The fourth-order valence-corrected chi connectivity index (χ4v) is 9.72. The standard InChI is InChI=1S/C66H121N2O7P/c1-7-10-13-16-19-22-25-27-29-30-31-32-33-34-35-36-37-38-39-40-43-46-49-52-55-58-65(69)67-63(62-74-76(71,72)73-61-60-68(4,5)6)64(57-54-51-48-45-42-24-21-18-15-12-9-3)75-66(70)59-56-53-50-47-44-41-28-26-23-20-17-14-11-8-2/h11,14,19-20,22-23,27-29,41,54,57,63-64H,7-10,12-13,15-18,21,24-26,30-40,42-53,55-56,58-62H2,1-6H3,(H-,67,69,71,72)/p+1/b14-11+,22-19-,23-20+,29-27-,41-28+,57-54-. The molecule has 3 unspecified atom stereocenters. The average molecular weight is 1090 g/mol. The van der Waals surface area contributed by atoms with Crippen LogP contribution in [0.2, 0.25) is 0 Å². The Kier molecular flexibility index (Phi) is 53.9. The molecule has 2 N–H and O–H groups in total. The Hall–Kier alpha value is -2.55. The third kappa shape index (κ3) is 56.2. The molecular weight excluding hydrogens is 964 g/mol. The fourth-order valence-electron chi connectivity index (χ4n) is 8.99. The first-order valence-corrected chi connectivity index (χ1v) is 33.3. The molecule has 0 aromatic rings. The summed E-state index contributed by atoms with van der Waals surface area (Å²) in [7, 11) is 1.48. The normalized spacial score (nSPS) is 14.1. The van der Waals surface area contributed by atoms with Crippen LogP contribution in [0.1, 0.15) is 284 Å². The molecule has 0 radical (unpaired) electrons. The van der Waals surface area contributed by atoms with Crippen LogP contribution in [0, 0.1) is 0 Å². The topological polar surface area (TPSA) is 111 Å². The molecule has 0 spiro atoms. The third-order valence-electron chi connectivity index (χ3n) is 13.9. The number of amides is 1. The van der Waals surface area contributed by atoms with Crippen molar-refractivity contribution in [2.45, 2.75) is 296 Å². The molecule has 10 heteroatoms. The lowest BCUT2D eigenvalue weighted by atomic mass is 10.0. The smallest absolute Gasteiger partial charge is 0.456 e. The van der Waals surface area contributed by atoms with Gasteiger partial charge in [-0.05, 0) is 96.0 Å². The Bertz CT molecular complexity index is 1530. The van der Waals surface area contributed by atoms with E-state index in [1.165, 1.54) is 154 Å². The number of hydrogen-bond donors (Lipinski definition) is 2. The molecule has 9 nitrogen and oxygen atoms in total. The molecule has 0 saturated carbocycles. The zero-order chi connectivity index (χ0) is 55.7. The number of phosphoric ester groups is 1. The molecule has 0 aromatic heterocycles. The summed E-state index contributed by atoms with van der Waals surface area (Å²) >= 11 is 0. The summed E-state index contributed by atoms with van der Waals surface area (Å²) in [5, 5.41) is 3.05. The van der Waals surface area contributed by atoms with Crippen LogP contribution in [-0.4, -0.2) is 74.3 Å². The Morgan fingerprint density at radius 2 is 0.842 bits per heavy atom. The number of allylic oxidation sites excluding steroid dienone is 11. The second-order valence-corrected chi connectivity index (χ2v) is 24.0. The van der Waals surface area contributed by atoms with Crippen molar-refractivity contribution in [1.29, 1.82) is 0 Å². The first kappa shape index (κ1) is 73.5. The lowest BCUT2D eigenvalue weighted by Crippen LogP contribution is -2.47. The van der Waals surface area contributed by atoms with Gasteiger partial charge in [0.05, 0.1) is 33.8 Å². The van der Waals surface area contributed by atoms with Crippen LogP contribution < -0.4 is 5.32 Å². The molecule has 0 fully saturated rings. The van der Waals surface area contributed by atoms with Gasteiger partial charge >= 0.3 is 13.8 Å². The van der Waals surface area contributed by atoms with E-state index in [1.54, 1.807) is 0 Å². The summed E-state index contributed by atoms with van der Waals surface area (Å²) in [6.45, 7) is 6.87. The number of nitrogens with one attached hydrogen (secondary N) is 1. The minimum atomic E-state index is -4.45. The van der Waals surface area contributed by atoms with E-state index in [0.717, 1.165) is 89.9 Å². The van der Waals surface area contributed by atoms with Gasteiger partial charge in [-0.3, -0.25) is 18.6 Å². The highest BCUT2D eigenvalue weighted by atomic mass is 31.2. The van der Waals surface area contributed by atoms with Gasteiger partial charge in [0.15, 0.2) is 0 Å². The molecule has 3 atom stereocenters. The molecule has 0 aliphatic heterocycles. The van der Waals surface area contributed by atoms with Crippen molar-refractivity contribution in [3.05, 3.63) is 72.9 Å². The highest BCUT2D eigenvalue weighted by Crippen LogP contribution is 2.43. The van der Waals surface area contributed by atoms with Crippen LogP contribution in [0.5, 0.6) is 0 Å². The molecule has 0 heterocycles. The number of rotatable bonds is 57. The summed E-state index contributed by atoms with van der Waals surface area (Å²) in [6, 6.07) is -0.859. The second-order valence-electron chi connectivity index (χ2n) is 22.5. The number of nitrogens with zero attached hydrogens (tertiary/aromatic N) is 1. The van der Waals surface area contributed by atoms with Crippen LogP contribution >= 0.6 is 7.82 Å². The van der Waals surface area contributed by atoms with Gasteiger partial charge in [0.1, 0.15) is 19.3 Å². The third-order valence-corrected chi connectivity index (χ3v) is 14.9. The summed E-state index contributed by atoms with van der Waals surface area (Å²) in [5.74, 6) is -0.528. The van der Waals surface area contributed by atoms with Crippen molar-refractivity contribution in [3.63, 3.8) is 0 Å². The van der Waals surface area contributed by atoms with E-state index in [4.69, 9.17) is 13.8 Å². The Labute approximate surface area is 470 Å². The number of esters is 1. The average Bonchev–Trinajstić information content (AvgIpc) is 3.38. The van der Waals surface area contributed by atoms with Gasteiger partial charge < -0.3 is 19.4 Å². The Morgan fingerprint density at radius 1 is 0.474 bits per heavy atom. The predicted octanol–water partition coefficient (Wildman–Crippen LogP) is 19.6. The van der Waals surface area contributed by atoms with E-state index < -0.39 is 20.0 Å².